The molecule has 1 fully saturated rings. The lowest BCUT2D eigenvalue weighted by Crippen LogP contribution is -2.54. The number of imide groups is 2. The molecule has 4 amide bonds. The Kier molecular flexibility index (Phi) is 4.89. The van der Waals surface area contributed by atoms with Crippen molar-refractivity contribution in [3.8, 4) is 11.5 Å². The number of anilines is 1. The Morgan fingerprint density at radius 2 is 1.70 bits per heavy atom. The van der Waals surface area contributed by atoms with E-state index in [1.807, 2.05) is 5.32 Å². The van der Waals surface area contributed by atoms with Crippen LogP contribution in [0, 0.1) is 5.82 Å². The number of methoxy groups -OCH3 is 2. The van der Waals surface area contributed by atoms with E-state index in [1.165, 1.54) is 38.5 Å². The highest BCUT2D eigenvalue weighted by molar-refractivity contribution is 6.39. The molecule has 0 saturated carbocycles. The number of nitrogens with one attached hydrogen (secondary N) is 1. The second-order valence-corrected chi connectivity index (χ2v) is 5.52. The monoisotopic (exact) mass is 370 g/mol. The topological polar surface area (TPSA) is 84.9 Å². The number of benzene rings is 2. The average molecular weight is 370 g/mol. The number of carbonyl (C=O) groups is 3. The van der Waals surface area contributed by atoms with Gasteiger partial charge in [-0.1, -0.05) is 18.2 Å². The summed E-state index contributed by atoms with van der Waals surface area (Å²) in [5.74, 6) is -1.68. The van der Waals surface area contributed by atoms with Crippen molar-refractivity contribution in [3.05, 3.63) is 59.4 Å². The predicted molar refractivity (Wildman–Crippen MR) is 94.9 cm³/mol. The maximum atomic E-state index is 14.0. The molecule has 0 aliphatic carbocycles. The minimum absolute atomic E-state index is 0.245. The molecule has 0 unspecified atom stereocenters. The van der Waals surface area contributed by atoms with Crippen molar-refractivity contribution >= 4 is 29.6 Å². The van der Waals surface area contributed by atoms with Gasteiger partial charge in [0, 0.05) is 0 Å². The van der Waals surface area contributed by atoms with Crippen LogP contribution in [0.25, 0.3) is 6.08 Å². The van der Waals surface area contributed by atoms with Gasteiger partial charge in [0.05, 0.1) is 19.9 Å². The number of barbiturate groups is 1. The maximum absolute atomic E-state index is 14.0. The summed E-state index contributed by atoms with van der Waals surface area (Å²) in [6.07, 6.45) is 1.29. The van der Waals surface area contributed by atoms with Crippen molar-refractivity contribution in [2.75, 3.05) is 19.1 Å². The molecule has 0 radical (unpaired) electrons. The molecule has 2 aromatic rings. The first kappa shape index (κ1) is 18.1. The Balaban J connectivity index is 2.03. The third-order valence-electron chi connectivity index (χ3n) is 3.91. The zero-order valence-electron chi connectivity index (χ0n) is 14.5. The molecule has 1 N–H and O–H groups in total. The molecule has 0 atom stereocenters. The molecule has 2 aromatic carbocycles. The van der Waals surface area contributed by atoms with E-state index in [9.17, 15) is 18.8 Å². The third kappa shape index (κ3) is 3.37. The molecule has 1 saturated heterocycles. The molecule has 0 bridgehead atoms. The summed E-state index contributed by atoms with van der Waals surface area (Å²) >= 11 is 0. The summed E-state index contributed by atoms with van der Waals surface area (Å²) in [6.45, 7) is 0. The fraction of sp³-hybridized carbons (Fsp3) is 0.105. The van der Waals surface area contributed by atoms with Gasteiger partial charge in [-0.25, -0.2) is 14.1 Å². The average Bonchev–Trinajstić information content (AvgIpc) is 2.66. The van der Waals surface area contributed by atoms with Crippen LogP contribution in [0.1, 0.15) is 5.56 Å². The first-order valence-corrected chi connectivity index (χ1v) is 7.84. The minimum Gasteiger partial charge on any atom is -0.493 e. The van der Waals surface area contributed by atoms with Gasteiger partial charge in [-0.2, -0.15) is 0 Å². The van der Waals surface area contributed by atoms with Crippen LogP contribution in [0.3, 0.4) is 0 Å². The SMILES string of the molecule is COc1ccc(/C=C2/C(=O)NC(=O)N(c3ccccc3F)C2=O)cc1OC. The van der Waals surface area contributed by atoms with Crippen molar-refractivity contribution in [1.29, 1.82) is 0 Å². The number of rotatable bonds is 4. The van der Waals surface area contributed by atoms with Crippen molar-refractivity contribution < 1.29 is 28.2 Å². The minimum atomic E-state index is -1.01. The van der Waals surface area contributed by atoms with Crippen LogP contribution >= 0.6 is 0 Å². The first-order chi connectivity index (χ1) is 13.0. The Hall–Kier alpha value is -3.68. The van der Waals surface area contributed by atoms with Crippen LogP contribution in [-0.2, 0) is 9.59 Å². The van der Waals surface area contributed by atoms with Crippen molar-refractivity contribution in [3.63, 3.8) is 0 Å². The van der Waals surface area contributed by atoms with Crippen LogP contribution in [0.2, 0.25) is 0 Å². The number of amides is 4. The van der Waals surface area contributed by atoms with Gasteiger partial charge in [0.2, 0.25) is 0 Å². The highest BCUT2D eigenvalue weighted by atomic mass is 19.1. The van der Waals surface area contributed by atoms with Crippen LogP contribution in [0.4, 0.5) is 14.9 Å². The number of urea groups is 1. The number of ether oxygens (including phenoxy) is 2. The Bertz CT molecular complexity index is 970. The molecule has 1 heterocycles. The zero-order valence-corrected chi connectivity index (χ0v) is 14.5. The molecule has 3 rings (SSSR count). The summed E-state index contributed by atoms with van der Waals surface area (Å²) in [5.41, 5.74) is -0.0928. The molecule has 0 aromatic heterocycles. The largest absolute Gasteiger partial charge is 0.493 e. The fourth-order valence-corrected chi connectivity index (χ4v) is 2.62. The van der Waals surface area contributed by atoms with Crippen molar-refractivity contribution in [2.45, 2.75) is 0 Å². The van der Waals surface area contributed by atoms with Gasteiger partial charge in [-0.3, -0.25) is 14.9 Å². The highest BCUT2D eigenvalue weighted by Crippen LogP contribution is 2.29. The summed E-state index contributed by atoms with van der Waals surface area (Å²) in [4.78, 5) is 37.6. The lowest BCUT2D eigenvalue weighted by atomic mass is 10.1. The number of nitrogens with zero attached hydrogens (tertiary/aromatic N) is 1. The van der Waals surface area contributed by atoms with E-state index in [0.29, 0.717) is 22.0 Å². The van der Waals surface area contributed by atoms with E-state index in [4.69, 9.17) is 9.47 Å². The van der Waals surface area contributed by atoms with Crippen LogP contribution in [-0.4, -0.2) is 32.1 Å². The maximum Gasteiger partial charge on any atom is 0.336 e. The zero-order chi connectivity index (χ0) is 19.6. The van der Waals surface area contributed by atoms with Crippen molar-refractivity contribution in [2.24, 2.45) is 0 Å². The molecular weight excluding hydrogens is 355 g/mol. The van der Waals surface area contributed by atoms with Gasteiger partial charge in [0.15, 0.2) is 11.5 Å². The molecule has 7 nitrogen and oxygen atoms in total. The van der Waals surface area contributed by atoms with Crippen LogP contribution in [0.15, 0.2) is 48.0 Å². The number of halogens is 1. The van der Waals surface area contributed by atoms with Gasteiger partial charge in [0.1, 0.15) is 11.4 Å². The van der Waals surface area contributed by atoms with E-state index < -0.39 is 23.7 Å². The lowest BCUT2D eigenvalue weighted by Gasteiger charge is -2.26. The molecule has 138 valence electrons. The van der Waals surface area contributed by atoms with Gasteiger partial charge in [-0.15, -0.1) is 0 Å². The lowest BCUT2D eigenvalue weighted by molar-refractivity contribution is -0.122. The van der Waals surface area contributed by atoms with Crippen LogP contribution in [0.5, 0.6) is 11.5 Å². The van der Waals surface area contributed by atoms with E-state index in [-0.39, 0.29) is 11.3 Å². The smallest absolute Gasteiger partial charge is 0.336 e. The standard InChI is InChI=1S/C19H15FN2O5/c1-26-15-8-7-11(10-16(15)27-2)9-12-17(23)21-19(25)22(18(12)24)14-6-4-3-5-13(14)20/h3-10H,1-2H3,(H,21,23,25)/b12-9-. The molecule has 8 heteroatoms. The molecule has 1 aliphatic rings. The normalized spacial score (nSPS) is 15.7. The first-order valence-electron chi connectivity index (χ1n) is 7.84. The quantitative estimate of drug-likeness (QED) is 0.660. The van der Waals surface area contributed by atoms with Crippen LogP contribution < -0.4 is 19.7 Å². The van der Waals surface area contributed by atoms with E-state index in [2.05, 4.69) is 0 Å². The number of carbonyl (C=O) groups excluding carboxylic acids is 3. The third-order valence-corrected chi connectivity index (χ3v) is 3.91. The Morgan fingerprint density at radius 1 is 1.00 bits per heavy atom. The molecule has 27 heavy (non-hydrogen) atoms. The van der Waals surface area contributed by atoms with E-state index in [1.54, 1.807) is 18.2 Å². The number of para-hydroxylation sites is 1. The second-order valence-electron chi connectivity index (χ2n) is 5.52. The summed E-state index contributed by atoms with van der Waals surface area (Å²) < 4.78 is 24.4. The van der Waals surface area contributed by atoms with Gasteiger partial charge < -0.3 is 9.47 Å². The summed E-state index contributed by atoms with van der Waals surface area (Å²) in [5, 5.41) is 2.04. The van der Waals surface area contributed by atoms with E-state index >= 15 is 0 Å². The molecular formula is C19H15FN2O5. The Labute approximate surface area is 154 Å². The summed E-state index contributed by atoms with van der Waals surface area (Å²) in [6, 6.07) is 9.06. The number of hydrogen-bond donors (Lipinski definition) is 1. The van der Waals surface area contributed by atoms with Gasteiger partial charge >= 0.3 is 6.03 Å². The predicted octanol–water partition coefficient (Wildman–Crippen LogP) is 2.51. The number of hydrogen-bond acceptors (Lipinski definition) is 5. The fourth-order valence-electron chi connectivity index (χ4n) is 2.62. The van der Waals surface area contributed by atoms with Gasteiger partial charge in [-0.05, 0) is 35.9 Å². The van der Waals surface area contributed by atoms with E-state index in [0.717, 1.165) is 6.07 Å². The Morgan fingerprint density at radius 3 is 2.37 bits per heavy atom. The highest BCUT2D eigenvalue weighted by Gasteiger charge is 2.37. The second kappa shape index (κ2) is 7.28. The summed E-state index contributed by atoms with van der Waals surface area (Å²) in [7, 11) is 2.93. The van der Waals surface area contributed by atoms with Crippen molar-refractivity contribution in [1.82, 2.24) is 5.32 Å². The molecule has 1 aliphatic heterocycles. The van der Waals surface area contributed by atoms with Gasteiger partial charge in [0.25, 0.3) is 11.8 Å². The molecule has 0 spiro atoms.